The summed E-state index contributed by atoms with van der Waals surface area (Å²) >= 11 is 12.1. The summed E-state index contributed by atoms with van der Waals surface area (Å²) in [4.78, 5) is 38.0. The molecule has 134 valence electrons. The van der Waals surface area contributed by atoms with Crippen molar-refractivity contribution in [3.8, 4) is 0 Å². The fourth-order valence-electron chi connectivity index (χ4n) is 3.02. The Morgan fingerprint density at radius 1 is 1.12 bits per heavy atom. The maximum Gasteiger partial charge on any atom is 0.308 e. The van der Waals surface area contributed by atoms with Gasteiger partial charge in [-0.3, -0.25) is 14.4 Å². The Labute approximate surface area is 155 Å². The van der Waals surface area contributed by atoms with Gasteiger partial charge >= 0.3 is 5.97 Å². The van der Waals surface area contributed by atoms with Gasteiger partial charge in [0, 0.05) is 19.1 Å². The number of carboxylic acid groups (broad SMARTS) is 1. The molecule has 3 rings (SSSR count). The highest BCUT2D eigenvalue weighted by Crippen LogP contribution is 2.30. The SMILES string of the molecule is O=C(O)[C@@H]1C[C@H](C(=O)NC2CC2)CN(C(=O)c2cccc(Cl)c2Cl)C1. The van der Waals surface area contributed by atoms with Crippen molar-refractivity contribution >= 4 is 41.0 Å². The average molecular weight is 385 g/mol. The number of halogens is 2. The van der Waals surface area contributed by atoms with Gasteiger partial charge in [0.2, 0.25) is 5.91 Å². The minimum absolute atomic E-state index is 0.0459. The topological polar surface area (TPSA) is 86.7 Å². The quantitative estimate of drug-likeness (QED) is 0.834. The summed E-state index contributed by atoms with van der Waals surface area (Å²) in [5.74, 6) is -2.95. The Morgan fingerprint density at radius 3 is 2.44 bits per heavy atom. The van der Waals surface area contributed by atoms with E-state index < -0.39 is 23.7 Å². The number of hydrogen-bond donors (Lipinski definition) is 2. The minimum Gasteiger partial charge on any atom is -0.481 e. The molecular weight excluding hydrogens is 367 g/mol. The van der Waals surface area contributed by atoms with Gasteiger partial charge in [-0.15, -0.1) is 0 Å². The maximum atomic E-state index is 12.8. The van der Waals surface area contributed by atoms with Crippen LogP contribution in [0.3, 0.4) is 0 Å². The van der Waals surface area contributed by atoms with Gasteiger partial charge in [-0.05, 0) is 31.4 Å². The second kappa shape index (κ2) is 7.22. The molecule has 2 fully saturated rings. The molecule has 1 heterocycles. The standard InChI is InChI=1S/C17H18Cl2N2O4/c18-13-3-1-2-12(14(13)19)16(23)21-7-9(6-10(8-21)17(24)25)15(22)20-11-4-5-11/h1-3,9-11H,4-8H2,(H,20,22)(H,24,25)/t9-,10+/m0/s1. The number of nitrogens with zero attached hydrogens (tertiary/aromatic N) is 1. The van der Waals surface area contributed by atoms with E-state index in [0.717, 1.165) is 12.8 Å². The zero-order valence-electron chi connectivity index (χ0n) is 13.4. The molecule has 1 saturated carbocycles. The zero-order valence-corrected chi connectivity index (χ0v) is 14.9. The number of amides is 2. The molecule has 2 amide bonds. The maximum absolute atomic E-state index is 12.8. The summed E-state index contributed by atoms with van der Waals surface area (Å²) in [5.41, 5.74) is 0.210. The molecule has 25 heavy (non-hydrogen) atoms. The first-order valence-electron chi connectivity index (χ1n) is 8.13. The number of rotatable bonds is 4. The Hall–Kier alpha value is -1.79. The van der Waals surface area contributed by atoms with Crippen LogP contribution < -0.4 is 5.32 Å². The van der Waals surface area contributed by atoms with Crippen LogP contribution in [0.15, 0.2) is 18.2 Å². The van der Waals surface area contributed by atoms with Crippen molar-refractivity contribution in [2.24, 2.45) is 11.8 Å². The second-order valence-corrected chi connectivity index (χ2v) is 7.35. The van der Waals surface area contributed by atoms with Crippen molar-refractivity contribution < 1.29 is 19.5 Å². The van der Waals surface area contributed by atoms with Crippen LogP contribution in [0.2, 0.25) is 10.0 Å². The normalized spacial score (nSPS) is 23.2. The van der Waals surface area contributed by atoms with Crippen molar-refractivity contribution in [3.63, 3.8) is 0 Å². The molecule has 0 spiro atoms. The third-order valence-electron chi connectivity index (χ3n) is 4.56. The molecule has 1 saturated heterocycles. The lowest BCUT2D eigenvalue weighted by Crippen LogP contribution is -2.50. The van der Waals surface area contributed by atoms with Crippen LogP contribution in [0.1, 0.15) is 29.6 Å². The molecule has 1 aliphatic carbocycles. The van der Waals surface area contributed by atoms with E-state index in [9.17, 15) is 19.5 Å². The van der Waals surface area contributed by atoms with Crippen LogP contribution in [0.4, 0.5) is 0 Å². The molecule has 2 N–H and O–H groups in total. The van der Waals surface area contributed by atoms with E-state index in [0.29, 0.717) is 0 Å². The van der Waals surface area contributed by atoms with E-state index in [4.69, 9.17) is 23.2 Å². The van der Waals surface area contributed by atoms with Crippen molar-refractivity contribution in [2.75, 3.05) is 13.1 Å². The fraction of sp³-hybridized carbons (Fsp3) is 0.471. The van der Waals surface area contributed by atoms with E-state index in [1.165, 1.54) is 4.90 Å². The van der Waals surface area contributed by atoms with Crippen LogP contribution in [0.25, 0.3) is 0 Å². The van der Waals surface area contributed by atoms with Crippen LogP contribution in [-0.4, -0.2) is 46.9 Å². The van der Waals surface area contributed by atoms with Crippen LogP contribution in [0.5, 0.6) is 0 Å². The van der Waals surface area contributed by atoms with Gasteiger partial charge < -0.3 is 15.3 Å². The Bertz CT molecular complexity index is 721. The fourth-order valence-corrected chi connectivity index (χ4v) is 3.40. The number of aliphatic carboxylic acids is 1. The molecular formula is C17H18Cl2N2O4. The van der Waals surface area contributed by atoms with Gasteiger partial charge in [0.25, 0.3) is 5.91 Å². The lowest BCUT2D eigenvalue weighted by Gasteiger charge is -2.35. The summed E-state index contributed by atoms with van der Waals surface area (Å²) < 4.78 is 0. The summed E-state index contributed by atoms with van der Waals surface area (Å²) in [7, 11) is 0. The predicted octanol–water partition coefficient (Wildman–Crippen LogP) is 2.43. The molecule has 1 aliphatic heterocycles. The molecule has 0 radical (unpaired) electrons. The lowest BCUT2D eigenvalue weighted by atomic mass is 9.88. The highest BCUT2D eigenvalue weighted by molar-refractivity contribution is 6.43. The number of piperidine rings is 1. The van der Waals surface area contributed by atoms with E-state index in [1.807, 2.05) is 0 Å². The Kier molecular flexibility index (Phi) is 5.20. The molecule has 0 unspecified atom stereocenters. The predicted molar refractivity (Wildman–Crippen MR) is 92.8 cm³/mol. The highest BCUT2D eigenvalue weighted by Gasteiger charge is 2.39. The van der Waals surface area contributed by atoms with E-state index in [2.05, 4.69) is 5.32 Å². The first-order valence-corrected chi connectivity index (χ1v) is 8.89. The Balaban J connectivity index is 1.80. The molecule has 1 aromatic carbocycles. The largest absolute Gasteiger partial charge is 0.481 e. The second-order valence-electron chi connectivity index (χ2n) is 6.56. The highest BCUT2D eigenvalue weighted by atomic mass is 35.5. The third kappa shape index (κ3) is 4.07. The van der Waals surface area contributed by atoms with Gasteiger partial charge in [-0.25, -0.2) is 0 Å². The van der Waals surface area contributed by atoms with E-state index in [1.54, 1.807) is 18.2 Å². The van der Waals surface area contributed by atoms with Crippen LogP contribution in [-0.2, 0) is 9.59 Å². The zero-order chi connectivity index (χ0) is 18.1. The average Bonchev–Trinajstić information content (AvgIpc) is 3.40. The summed E-state index contributed by atoms with van der Waals surface area (Å²) in [5, 5.41) is 12.7. The summed E-state index contributed by atoms with van der Waals surface area (Å²) in [6.07, 6.45) is 2.12. The van der Waals surface area contributed by atoms with Gasteiger partial charge in [0.05, 0.1) is 27.4 Å². The van der Waals surface area contributed by atoms with Gasteiger partial charge in [-0.2, -0.15) is 0 Å². The van der Waals surface area contributed by atoms with E-state index >= 15 is 0 Å². The molecule has 2 aliphatic rings. The molecule has 0 bridgehead atoms. The molecule has 8 heteroatoms. The van der Waals surface area contributed by atoms with Crippen molar-refractivity contribution in [1.82, 2.24) is 10.2 Å². The van der Waals surface area contributed by atoms with Crippen LogP contribution >= 0.6 is 23.2 Å². The number of nitrogens with one attached hydrogen (secondary N) is 1. The number of carboxylic acids is 1. The minimum atomic E-state index is -1.01. The van der Waals surface area contributed by atoms with Crippen molar-refractivity contribution in [2.45, 2.75) is 25.3 Å². The monoisotopic (exact) mass is 384 g/mol. The van der Waals surface area contributed by atoms with Crippen molar-refractivity contribution in [1.29, 1.82) is 0 Å². The van der Waals surface area contributed by atoms with Gasteiger partial charge in [0.15, 0.2) is 0 Å². The first kappa shape index (κ1) is 18.0. The number of carbonyl (C=O) groups excluding carboxylic acids is 2. The molecule has 2 atom stereocenters. The Morgan fingerprint density at radius 2 is 1.80 bits per heavy atom. The third-order valence-corrected chi connectivity index (χ3v) is 5.38. The van der Waals surface area contributed by atoms with Crippen LogP contribution in [0, 0.1) is 11.8 Å². The summed E-state index contributed by atoms with van der Waals surface area (Å²) in [6, 6.07) is 4.91. The molecule has 0 aromatic heterocycles. The summed E-state index contributed by atoms with van der Waals surface area (Å²) in [6.45, 7) is 0.216. The number of carbonyl (C=O) groups is 3. The lowest BCUT2D eigenvalue weighted by molar-refractivity contribution is -0.144. The number of hydrogen-bond acceptors (Lipinski definition) is 3. The van der Waals surface area contributed by atoms with E-state index in [-0.39, 0.29) is 47.1 Å². The molecule has 6 nitrogen and oxygen atoms in total. The smallest absolute Gasteiger partial charge is 0.308 e. The number of likely N-dealkylation sites (tertiary alicyclic amines) is 1. The first-order chi connectivity index (χ1) is 11.9. The van der Waals surface area contributed by atoms with Gasteiger partial charge in [-0.1, -0.05) is 29.3 Å². The number of benzene rings is 1. The van der Waals surface area contributed by atoms with Crippen molar-refractivity contribution in [3.05, 3.63) is 33.8 Å². The molecule has 1 aromatic rings. The van der Waals surface area contributed by atoms with Gasteiger partial charge in [0.1, 0.15) is 0 Å².